The first-order chi connectivity index (χ1) is 12.4. The molecule has 0 atom stereocenters. The van der Waals surface area contributed by atoms with Crippen LogP contribution in [0.15, 0.2) is 40.7 Å². The minimum absolute atomic E-state index is 0.0984. The van der Waals surface area contributed by atoms with Crippen molar-refractivity contribution in [2.75, 3.05) is 18.4 Å². The predicted octanol–water partition coefficient (Wildman–Crippen LogP) is 3.33. The molecule has 2 aromatic heterocycles. The topological polar surface area (TPSA) is 83.8 Å². The van der Waals surface area contributed by atoms with Gasteiger partial charge in [0.2, 0.25) is 10.0 Å². The fourth-order valence-electron chi connectivity index (χ4n) is 2.60. The van der Waals surface area contributed by atoms with Crippen molar-refractivity contribution in [2.45, 2.75) is 18.7 Å². The lowest BCUT2D eigenvalue weighted by Gasteiger charge is -2.18. The number of benzene rings is 1. The van der Waals surface area contributed by atoms with Crippen LogP contribution in [0.25, 0.3) is 4.96 Å². The monoisotopic (exact) mass is 412 g/mol. The number of nitrogens with one attached hydrogen (secondary N) is 1. The number of carbonyl (C=O) groups excluding carboxylic acids is 1. The lowest BCUT2D eigenvalue weighted by Crippen LogP contribution is -2.30. The average molecular weight is 413 g/mol. The molecule has 26 heavy (non-hydrogen) atoms. The van der Waals surface area contributed by atoms with Gasteiger partial charge in [0.05, 0.1) is 4.90 Å². The predicted molar refractivity (Wildman–Crippen MR) is 103 cm³/mol. The summed E-state index contributed by atoms with van der Waals surface area (Å²) < 4.78 is 28.2. The van der Waals surface area contributed by atoms with Crippen LogP contribution in [0.3, 0.4) is 0 Å². The normalized spacial score (nSPS) is 12.0. The number of hydrogen-bond acceptors (Lipinski definition) is 5. The second kappa shape index (κ2) is 7.36. The maximum Gasteiger partial charge on any atom is 0.275 e. The first-order valence-electron chi connectivity index (χ1n) is 7.91. The molecule has 7 nitrogen and oxygen atoms in total. The molecule has 0 saturated carbocycles. The first kappa shape index (κ1) is 18.8. The van der Waals surface area contributed by atoms with Crippen LogP contribution in [-0.2, 0) is 10.0 Å². The van der Waals surface area contributed by atoms with E-state index in [1.165, 1.54) is 27.8 Å². The Labute approximate surface area is 160 Å². The van der Waals surface area contributed by atoms with E-state index in [4.69, 9.17) is 11.6 Å². The van der Waals surface area contributed by atoms with Gasteiger partial charge in [-0.1, -0.05) is 31.5 Å². The largest absolute Gasteiger partial charge is 0.321 e. The third kappa shape index (κ3) is 3.35. The molecule has 0 aliphatic rings. The Balaban J connectivity index is 1.91. The van der Waals surface area contributed by atoms with Gasteiger partial charge in [0.15, 0.2) is 15.8 Å². The van der Waals surface area contributed by atoms with Crippen molar-refractivity contribution >= 4 is 49.5 Å². The van der Waals surface area contributed by atoms with Crippen molar-refractivity contribution in [2.24, 2.45) is 0 Å². The number of amides is 1. The molecule has 0 bridgehead atoms. The van der Waals surface area contributed by atoms with Gasteiger partial charge >= 0.3 is 0 Å². The molecule has 10 heteroatoms. The van der Waals surface area contributed by atoms with Crippen molar-refractivity contribution in [3.8, 4) is 0 Å². The maximum absolute atomic E-state index is 12.6. The van der Waals surface area contributed by atoms with E-state index in [0.29, 0.717) is 23.7 Å². The summed E-state index contributed by atoms with van der Waals surface area (Å²) in [7, 11) is -3.61. The summed E-state index contributed by atoms with van der Waals surface area (Å²) in [5.41, 5.74) is 0.574. The zero-order chi connectivity index (χ0) is 18.9. The van der Waals surface area contributed by atoms with Gasteiger partial charge < -0.3 is 5.32 Å². The van der Waals surface area contributed by atoms with Crippen LogP contribution in [0.4, 0.5) is 5.69 Å². The molecule has 0 spiro atoms. The number of aromatic nitrogens is 2. The average Bonchev–Trinajstić information content (AvgIpc) is 3.15. The van der Waals surface area contributed by atoms with Crippen LogP contribution in [0.5, 0.6) is 0 Å². The van der Waals surface area contributed by atoms with Crippen LogP contribution in [0, 0.1) is 0 Å². The van der Waals surface area contributed by atoms with Gasteiger partial charge in [0, 0.05) is 30.4 Å². The SMILES string of the molecule is CCN(CC)S(=O)(=O)c1cccc(NC(=O)c2c(Cl)nc3sccn23)c1. The van der Waals surface area contributed by atoms with E-state index in [0.717, 1.165) is 0 Å². The fraction of sp³-hybridized carbons (Fsp3) is 0.250. The van der Waals surface area contributed by atoms with E-state index in [9.17, 15) is 13.2 Å². The van der Waals surface area contributed by atoms with E-state index in [2.05, 4.69) is 10.3 Å². The summed E-state index contributed by atoms with van der Waals surface area (Å²) in [6.07, 6.45) is 1.70. The Hall–Kier alpha value is -1.94. The zero-order valence-electron chi connectivity index (χ0n) is 14.1. The number of carbonyl (C=O) groups is 1. The van der Waals surface area contributed by atoms with E-state index >= 15 is 0 Å². The fourth-order valence-corrected chi connectivity index (χ4v) is 5.13. The van der Waals surface area contributed by atoms with Crippen molar-refractivity contribution in [3.05, 3.63) is 46.7 Å². The molecule has 2 heterocycles. The molecule has 1 N–H and O–H groups in total. The second-order valence-corrected chi connectivity index (χ2v) is 8.55. The molecular weight excluding hydrogens is 396 g/mol. The van der Waals surface area contributed by atoms with E-state index in [-0.39, 0.29) is 15.7 Å². The van der Waals surface area contributed by atoms with Crippen molar-refractivity contribution in [3.63, 3.8) is 0 Å². The molecule has 0 saturated heterocycles. The highest BCUT2D eigenvalue weighted by atomic mass is 35.5. The van der Waals surface area contributed by atoms with Gasteiger partial charge in [-0.2, -0.15) is 4.31 Å². The Morgan fingerprint density at radius 1 is 1.35 bits per heavy atom. The Morgan fingerprint density at radius 3 is 2.77 bits per heavy atom. The number of sulfonamides is 1. The van der Waals surface area contributed by atoms with Gasteiger partial charge in [-0.15, -0.1) is 11.3 Å². The summed E-state index contributed by atoms with van der Waals surface area (Å²) in [4.78, 5) is 17.5. The van der Waals surface area contributed by atoms with E-state index < -0.39 is 15.9 Å². The third-order valence-electron chi connectivity index (χ3n) is 3.87. The summed E-state index contributed by atoms with van der Waals surface area (Å²) in [6, 6.07) is 6.15. The smallest absolute Gasteiger partial charge is 0.275 e. The van der Waals surface area contributed by atoms with Crippen molar-refractivity contribution in [1.29, 1.82) is 0 Å². The van der Waals surface area contributed by atoms with Crippen LogP contribution in [0.1, 0.15) is 24.3 Å². The molecule has 3 aromatic rings. The third-order valence-corrected chi connectivity index (χ3v) is 6.94. The molecule has 1 amide bonds. The van der Waals surface area contributed by atoms with Gasteiger partial charge in [-0.05, 0) is 18.2 Å². The molecule has 138 valence electrons. The standard InChI is InChI=1S/C16H17ClN4O3S2/c1-3-20(4-2)26(23,24)12-7-5-6-11(10-12)18-15(22)13-14(17)19-16-21(13)8-9-25-16/h5-10H,3-4H2,1-2H3,(H,18,22). The first-order valence-corrected chi connectivity index (χ1v) is 10.6. The summed E-state index contributed by atoms with van der Waals surface area (Å²) >= 11 is 7.43. The highest BCUT2D eigenvalue weighted by molar-refractivity contribution is 7.89. The van der Waals surface area contributed by atoms with Crippen LogP contribution in [-0.4, -0.2) is 41.1 Å². The van der Waals surface area contributed by atoms with Gasteiger partial charge in [-0.25, -0.2) is 13.4 Å². The highest BCUT2D eigenvalue weighted by Gasteiger charge is 2.23. The maximum atomic E-state index is 12.6. The quantitative estimate of drug-likeness (QED) is 0.673. The van der Waals surface area contributed by atoms with Crippen LogP contribution >= 0.6 is 22.9 Å². The number of anilines is 1. The lowest BCUT2D eigenvalue weighted by atomic mass is 10.3. The molecule has 0 fully saturated rings. The highest BCUT2D eigenvalue weighted by Crippen LogP contribution is 2.24. The van der Waals surface area contributed by atoms with Crippen molar-refractivity contribution in [1.82, 2.24) is 13.7 Å². The Morgan fingerprint density at radius 2 is 2.08 bits per heavy atom. The van der Waals surface area contributed by atoms with Crippen LogP contribution in [0.2, 0.25) is 5.15 Å². The zero-order valence-corrected chi connectivity index (χ0v) is 16.5. The minimum atomic E-state index is -3.61. The lowest BCUT2D eigenvalue weighted by molar-refractivity contribution is 0.102. The number of nitrogens with zero attached hydrogens (tertiary/aromatic N) is 3. The minimum Gasteiger partial charge on any atom is -0.321 e. The molecule has 0 aliphatic carbocycles. The number of rotatable bonds is 6. The van der Waals surface area contributed by atoms with Crippen LogP contribution < -0.4 is 5.32 Å². The Kier molecular flexibility index (Phi) is 5.33. The van der Waals surface area contributed by atoms with Gasteiger partial charge in [0.1, 0.15) is 0 Å². The van der Waals surface area contributed by atoms with Gasteiger partial charge in [-0.3, -0.25) is 9.20 Å². The van der Waals surface area contributed by atoms with E-state index in [1.54, 1.807) is 42.0 Å². The molecular formula is C16H17ClN4O3S2. The van der Waals surface area contributed by atoms with E-state index in [1.807, 2.05) is 0 Å². The number of halogens is 1. The molecule has 1 aromatic carbocycles. The Bertz CT molecular complexity index is 1050. The molecule has 0 aliphatic heterocycles. The molecule has 0 radical (unpaired) electrons. The number of thiazole rings is 1. The van der Waals surface area contributed by atoms with Crippen molar-refractivity contribution < 1.29 is 13.2 Å². The number of imidazole rings is 1. The molecule has 0 unspecified atom stereocenters. The molecule has 3 rings (SSSR count). The van der Waals surface area contributed by atoms with Gasteiger partial charge in [0.25, 0.3) is 5.91 Å². The summed E-state index contributed by atoms with van der Waals surface area (Å²) in [5, 5.41) is 4.59. The second-order valence-electron chi connectivity index (χ2n) is 5.38. The summed E-state index contributed by atoms with van der Waals surface area (Å²) in [6.45, 7) is 4.30. The summed E-state index contributed by atoms with van der Waals surface area (Å²) in [5.74, 6) is -0.460. The number of fused-ring (bicyclic) bond motifs is 1. The number of hydrogen-bond donors (Lipinski definition) is 1.